The zero-order valence-corrected chi connectivity index (χ0v) is 30.3. The second-order valence-corrected chi connectivity index (χ2v) is 14.1. The SMILES string of the molecule is Cc1cc(OCCCc2c(C)n(Cc3cccc(C(=O)N[S+]([O-])c4ccccc4)c3)c3c(-c4c(C)nn(C)c4C)cccc23)cc(C)c1Cl. The lowest BCUT2D eigenvalue weighted by atomic mass is 9.98. The Morgan fingerprint density at radius 1 is 0.918 bits per heavy atom. The molecule has 0 fully saturated rings. The third kappa shape index (κ3) is 7.13. The van der Waals surface area contributed by atoms with E-state index < -0.39 is 11.4 Å². The van der Waals surface area contributed by atoms with Crippen molar-refractivity contribution in [1.29, 1.82) is 0 Å². The average molecular weight is 693 g/mol. The van der Waals surface area contributed by atoms with E-state index >= 15 is 0 Å². The van der Waals surface area contributed by atoms with Gasteiger partial charge in [0.2, 0.25) is 0 Å². The minimum atomic E-state index is -1.65. The number of rotatable bonds is 11. The number of nitrogens with zero attached hydrogens (tertiary/aromatic N) is 3. The van der Waals surface area contributed by atoms with Crippen LogP contribution in [0.15, 0.2) is 89.8 Å². The molecule has 4 aromatic carbocycles. The van der Waals surface area contributed by atoms with Crippen LogP contribution < -0.4 is 9.46 Å². The Hall–Kier alpha value is -4.50. The molecule has 49 heavy (non-hydrogen) atoms. The van der Waals surface area contributed by atoms with Gasteiger partial charge in [0.05, 0.1) is 17.8 Å². The largest absolute Gasteiger partial charge is 0.588 e. The first-order valence-corrected chi connectivity index (χ1v) is 17.9. The number of hydrogen-bond donors (Lipinski definition) is 1. The van der Waals surface area contributed by atoms with Crippen molar-refractivity contribution in [3.05, 3.63) is 135 Å². The summed E-state index contributed by atoms with van der Waals surface area (Å²) in [4.78, 5) is 13.7. The lowest BCUT2D eigenvalue weighted by molar-refractivity contribution is 0.0981. The van der Waals surface area contributed by atoms with Gasteiger partial charge in [-0.15, -0.1) is 0 Å². The van der Waals surface area contributed by atoms with Gasteiger partial charge in [0.25, 0.3) is 5.91 Å². The van der Waals surface area contributed by atoms with Crippen LogP contribution in [0, 0.1) is 34.6 Å². The fourth-order valence-corrected chi connectivity index (χ4v) is 7.57. The normalized spacial score (nSPS) is 12.0. The molecule has 2 heterocycles. The fourth-order valence-electron chi connectivity index (χ4n) is 6.65. The first-order valence-electron chi connectivity index (χ1n) is 16.4. The van der Waals surface area contributed by atoms with Gasteiger partial charge in [-0.25, -0.2) is 0 Å². The summed E-state index contributed by atoms with van der Waals surface area (Å²) in [6, 6.07) is 27.0. The third-order valence-corrected chi connectivity index (χ3v) is 10.8. The maximum absolute atomic E-state index is 13.2. The molecule has 252 valence electrons. The van der Waals surface area contributed by atoms with Crippen LogP contribution in [0.25, 0.3) is 22.0 Å². The van der Waals surface area contributed by atoms with Gasteiger partial charge in [0, 0.05) is 52.1 Å². The monoisotopic (exact) mass is 692 g/mol. The molecule has 6 aromatic rings. The molecule has 9 heteroatoms. The maximum Gasteiger partial charge on any atom is 0.292 e. The first kappa shape index (κ1) is 34.4. The Morgan fingerprint density at radius 2 is 1.63 bits per heavy atom. The third-order valence-electron chi connectivity index (χ3n) is 9.17. The van der Waals surface area contributed by atoms with E-state index in [4.69, 9.17) is 21.4 Å². The molecule has 2 aromatic heterocycles. The summed E-state index contributed by atoms with van der Waals surface area (Å²) in [5.41, 5.74) is 11.4. The Balaban J connectivity index is 1.33. The number of aromatic nitrogens is 3. The molecule has 0 aliphatic heterocycles. The molecule has 0 aliphatic carbocycles. The second-order valence-electron chi connectivity index (χ2n) is 12.6. The van der Waals surface area contributed by atoms with Crippen molar-refractivity contribution in [2.75, 3.05) is 6.61 Å². The molecule has 0 saturated heterocycles. The number of ether oxygens (including phenoxy) is 1. The van der Waals surface area contributed by atoms with E-state index in [9.17, 15) is 9.35 Å². The van der Waals surface area contributed by atoms with E-state index in [2.05, 4.69) is 48.3 Å². The second kappa shape index (κ2) is 14.5. The van der Waals surface area contributed by atoms with Crippen molar-refractivity contribution in [1.82, 2.24) is 19.1 Å². The summed E-state index contributed by atoms with van der Waals surface area (Å²) in [6.07, 6.45) is 1.67. The van der Waals surface area contributed by atoms with Gasteiger partial charge in [0.1, 0.15) is 17.1 Å². The molecule has 0 saturated carbocycles. The quantitative estimate of drug-likeness (QED) is 0.109. The number of hydrogen-bond acceptors (Lipinski definition) is 4. The molecule has 1 N–H and O–H groups in total. The van der Waals surface area contributed by atoms with Crippen LogP contribution in [-0.4, -0.2) is 31.4 Å². The van der Waals surface area contributed by atoms with Gasteiger partial charge in [0.15, 0.2) is 4.90 Å². The van der Waals surface area contributed by atoms with Crippen molar-refractivity contribution < 1.29 is 14.1 Å². The van der Waals surface area contributed by atoms with Crippen LogP contribution in [-0.2, 0) is 31.4 Å². The van der Waals surface area contributed by atoms with Gasteiger partial charge in [-0.1, -0.05) is 60.1 Å². The standard InChI is InChI=1S/C40H41ClN4O3S/c1-25-21-32(22-26(2)38(25)41)48-20-12-19-34-28(4)45(39-35(34)17-11-18-36(39)37-27(3)42-44(6)29(37)5)24-30-13-10-14-31(23-30)40(46)43-49(47)33-15-8-7-9-16-33/h7-11,13-18,21-23H,12,19-20,24H2,1-6H3,(H,43,46). The predicted octanol–water partition coefficient (Wildman–Crippen LogP) is 8.75. The number of carbonyl (C=O) groups excluding carboxylic acids is 1. The number of aryl methyl sites for hydroxylation is 5. The lowest BCUT2D eigenvalue weighted by Gasteiger charge is -2.14. The molecular formula is C40H41ClN4O3S. The van der Waals surface area contributed by atoms with Gasteiger partial charge >= 0.3 is 0 Å². The highest BCUT2D eigenvalue weighted by Crippen LogP contribution is 2.38. The van der Waals surface area contributed by atoms with Gasteiger partial charge in [-0.05, 0) is 106 Å². The van der Waals surface area contributed by atoms with Crippen molar-refractivity contribution in [2.45, 2.75) is 58.9 Å². The number of fused-ring (bicyclic) bond motifs is 1. The van der Waals surface area contributed by atoms with Crippen LogP contribution in [0.2, 0.25) is 5.02 Å². The molecular weight excluding hydrogens is 652 g/mol. The van der Waals surface area contributed by atoms with Gasteiger partial charge in [-0.3, -0.25) is 9.48 Å². The van der Waals surface area contributed by atoms with Gasteiger partial charge in [-0.2, -0.15) is 9.82 Å². The Labute approximate surface area is 296 Å². The molecule has 1 amide bonds. The van der Waals surface area contributed by atoms with Crippen molar-refractivity contribution in [2.24, 2.45) is 7.05 Å². The number of halogens is 1. The molecule has 0 bridgehead atoms. The first-order chi connectivity index (χ1) is 23.5. The van der Waals surface area contributed by atoms with Crippen molar-refractivity contribution in [3.63, 3.8) is 0 Å². The molecule has 1 unspecified atom stereocenters. The predicted molar refractivity (Wildman–Crippen MR) is 199 cm³/mol. The number of nitrogens with one attached hydrogen (secondary N) is 1. The summed E-state index contributed by atoms with van der Waals surface area (Å²) >= 11 is 4.72. The zero-order chi connectivity index (χ0) is 34.8. The van der Waals surface area contributed by atoms with E-state index in [0.29, 0.717) is 23.6 Å². The maximum atomic E-state index is 13.2. The Bertz CT molecular complexity index is 2130. The van der Waals surface area contributed by atoms with E-state index in [1.54, 1.807) is 30.3 Å². The summed E-state index contributed by atoms with van der Waals surface area (Å²) in [5, 5.41) is 6.71. The highest BCUT2D eigenvalue weighted by Gasteiger charge is 2.22. The van der Waals surface area contributed by atoms with Gasteiger partial charge < -0.3 is 13.9 Å². The Morgan fingerprint density at radius 3 is 2.33 bits per heavy atom. The van der Waals surface area contributed by atoms with Crippen molar-refractivity contribution >= 4 is 39.8 Å². The number of benzene rings is 4. The molecule has 1 atom stereocenters. The van der Waals surface area contributed by atoms with E-state index in [1.807, 2.05) is 62.0 Å². The minimum absolute atomic E-state index is 0.382. The highest BCUT2D eigenvalue weighted by molar-refractivity contribution is 7.90. The zero-order valence-electron chi connectivity index (χ0n) is 28.8. The molecule has 0 spiro atoms. The fraction of sp³-hybridized carbons (Fsp3) is 0.250. The van der Waals surface area contributed by atoms with Crippen LogP contribution >= 0.6 is 11.6 Å². The van der Waals surface area contributed by atoms with Crippen LogP contribution in [0.3, 0.4) is 0 Å². The number of amides is 1. The van der Waals surface area contributed by atoms with E-state index in [-0.39, 0.29) is 5.91 Å². The average Bonchev–Trinajstić information content (AvgIpc) is 3.51. The molecule has 6 rings (SSSR count). The molecule has 0 aliphatic rings. The van der Waals surface area contributed by atoms with Crippen molar-refractivity contribution in [3.8, 4) is 16.9 Å². The summed E-state index contributed by atoms with van der Waals surface area (Å²) < 4.78 is 25.9. The smallest absolute Gasteiger partial charge is 0.292 e. The van der Waals surface area contributed by atoms with Crippen LogP contribution in [0.1, 0.15) is 56.1 Å². The Kier molecular flexibility index (Phi) is 10.2. The molecule has 0 radical (unpaired) electrons. The van der Waals surface area contributed by atoms with E-state index in [0.717, 1.165) is 68.3 Å². The summed E-state index contributed by atoms with van der Waals surface area (Å²) in [5.74, 6) is 0.451. The lowest BCUT2D eigenvalue weighted by Crippen LogP contribution is -2.30. The number of para-hydroxylation sites is 1. The highest BCUT2D eigenvalue weighted by atomic mass is 35.5. The summed E-state index contributed by atoms with van der Waals surface area (Å²) in [6.45, 7) is 11.5. The van der Waals surface area contributed by atoms with Crippen LogP contribution in [0.5, 0.6) is 5.75 Å². The summed E-state index contributed by atoms with van der Waals surface area (Å²) in [7, 11) is 1.98. The topological polar surface area (TPSA) is 84.1 Å². The van der Waals surface area contributed by atoms with E-state index in [1.165, 1.54) is 16.6 Å². The molecule has 7 nitrogen and oxygen atoms in total. The number of carbonyl (C=O) groups is 1. The minimum Gasteiger partial charge on any atom is -0.588 e. The van der Waals surface area contributed by atoms with Crippen LogP contribution in [0.4, 0.5) is 0 Å².